The van der Waals surface area contributed by atoms with Crippen LogP contribution < -0.4 is 0 Å². The van der Waals surface area contributed by atoms with E-state index in [9.17, 15) is 19.2 Å². The average molecular weight is 499 g/mol. The highest BCUT2D eigenvalue weighted by molar-refractivity contribution is 7.08. The van der Waals surface area contributed by atoms with Crippen LogP contribution in [0.1, 0.15) is 55.1 Å². The molecule has 0 N–H and O–H groups in total. The maximum atomic E-state index is 14.0. The number of furan rings is 1. The molecule has 2 aromatic heterocycles. The van der Waals surface area contributed by atoms with E-state index in [1.807, 2.05) is 13.8 Å². The Labute approximate surface area is 206 Å². The first-order valence-corrected chi connectivity index (χ1v) is 12.4. The van der Waals surface area contributed by atoms with Gasteiger partial charge in [0.25, 0.3) is 0 Å². The van der Waals surface area contributed by atoms with E-state index >= 15 is 0 Å². The summed E-state index contributed by atoms with van der Waals surface area (Å²) >= 11 is 1.33. The van der Waals surface area contributed by atoms with Gasteiger partial charge in [0.2, 0.25) is 5.78 Å². The molecule has 1 saturated heterocycles. The molecule has 2 aliphatic carbocycles. The van der Waals surface area contributed by atoms with Crippen molar-refractivity contribution in [3.8, 4) is 0 Å². The Morgan fingerprint density at radius 2 is 1.97 bits per heavy atom. The number of allylic oxidation sites excluding steroid dienone is 1. The minimum atomic E-state index is -0.845. The highest BCUT2D eigenvalue weighted by Crippen LogP contribution is 2.64. The molecule has 0 bridgehead atoms. The van der Waals surface area contributed by atoms with Crippen LogP contribution in [0, 0.1) is 28.6 Å². The Kier molecular flexibility index (Phi) is 5.70. The van der Waals surface area contributed by atoms with Crippen LogP contribution in [0.5, 0.6) is 0 Å². The molecule has 0 radical (unpaired) electrons. The molecule has 6 atom stereocenters. The first-order valence-electron chi connectivity index (χ1n) is 11.5. The molecule has 5 rings (SSSR count). The summed E-state index contributed by atoms with van der Waals surface area (Å²) in [4.78, 5) is 52.8. The van der Waals surface area contributed by atoms with Gasteiger partial charge in [-0.3, -0.25) is 14.4 Å². The number of carbonyl (C=O) groups excluding carboxylic acids is 4. The summed E-state index contributed by atoms with van der Waals surface area (Å²) < 4.78 is 21.6. The normalized spacial score (nSPS) is 34.2. The molecule has 3 heterocycles. The highest BCUT2D eigenvalue weighted by Gasteiger charge is 2.66. The Balaban J connectivity index is 1.58. The molecule has 0 aromatic carbocycles. The predicted molar refractivity (Wildman–Crippen MR) is 123 cm³/mol. The smallest absolute Gasteiger partial charge is 0.344 e. The molecule has 0 spiro atoms. The first-order chi connectivity index (χ1) is 16.7. The molecule has 184 valence electrons. The lowest BCUT2D eigenvalue weighted by atomic mass is 9.44. The van der Waals surface area contributed by atoms with E-state index in [1.165, 1.54) is 37.0 Å². The predicted octanol–water partition coefficient (Wildman–Crippen LogP) is 4.48. The fourth-order valence-electron chi connectivity index (χ4n) is 6.43. The molecule has 8 nitrogen and oxygen atoms in total. The number of fused-ring (bicyclic) bond motifs is 3. The van der Waals surface area contributed by atoms with Crippen LogP contribution in [-0.2, 0) is 28.6 Å². The van der Waals surface area contributed by atoms with Gasteiger partial charge in [-0.2, -0.15) is 11.3 Å². The van der Waals surface area contributed by atoms with E-state index in [4.69, 9.17) is 18.6 Å². The van der Waals surface area contributed by atoms with Crippen molar-refractivity contribution in [1.29, 1.82) is 0 Å². The minimum absolute atomic E-state index is 0.181. The second kappa shape index (κ2) is 8.48. The number of cyclic esters (lactones) is 1. The zero-order chi connectivity index (χ0) is 25.0. The lowest BCUT2D eigenvalue weighted by Crippen LogP contribution is -2.61. The summed E-state index contributed by atoms with van der Waals surface area (Å²) in [6.07, 6.45) is 5.15. The van der Waals surface area contributed by atoms with Crippen LogP contribution in [0.15, 0.2) is 51.7 Å². The molecule has 2 fully saturated rings. The van der Waals surface area contributed by atoms with Crippen LogP contribution in [0.4, 0.5) is 0 Å². The van der Waals surface area contributed by atoms with Gasteiger partial charge in [-0.25, -0.2) is 4.79 Å². The topological polar surface area (TPSA) is 109 Å². The van der Waals surface area contributed by atoms with Gasteiger partial charge in [0.15, 0.2) is 5.76 Å². The monoisotopic (exact) mass is 498 g/mol. The van der Waals surface area contributed by atoms with Crippen LogP contribution >= 0.6 is 11.3 Å². The summed E-state index contributed by atoms with van der Waals surface area (Å²) in [5, 5.41) is 3.36. The summed E-state index contributed by atoms with van der Waals surface area (Å²) in [5.74, 6) is -4.24. The van der Waals surface area contributed by atoms with Gasteiger partial charge >= 0.3 is 17.9 Å². The number of ketones is 1. The van der Waals surface area contributed by atoms with Crippen molar-refractivity contribution >= 4 is 35.0 Å². The van der Waals surface area contributed by atoms with Crippen molar-refractivity contribution in [2.45, 2.75) is 39.2 Å². The third-order valence-corrected chi connectivity index (χ3v) is 8.80. The molecule has 2 aromatic rings. The Hall–Kier alpha value is -3.20. The van der Waals surface area contributed by atoms with E-state index < -0.39 is 46.6 Å². The van der Waals surface area contributed by atoms with Crippen LogP contribution in [0.3, 0.4) is 0 Å². The molecular formula is C26H26O8S. The summed E-state index contributed by atoms with van der Waals surface area (Å²) in [6.45, 7) is 3.79. The van der Waals surface area contributed by atoms with E-state index in [0.717, 1.165) is 0 Å². The van der Waals surface area contributed by atoms with E-state index in [-0.39, 0.29) is 17.5 Å². The van der Waals surface area contributed by atoms with Crippen molar-refractivity contribution < 1.29 is 37.8 Å². The Bertz CT molecular complexity index is 1200. The van der Waals surface area contributed by atoms with Crippen LogP contribution in [0.25, 0.3) is 0 Å². The first kappa shape index (κ1) is 23.5. The van der Waals surface area contributed by atoms with Gasteiger partial charge in [0.1, 0.15) is 6.10 Å². The molecule has 35 heavy (non-hydrogen) atoms. The maximum Gasteiger partial charge on any atom is 0.344 e. The van der Waals surface area contributed by atoms with Gasteiger partial charge in [-0.15, -0.1) is 0 Å². The fraction of sp³-hybridized carbons (Fsp3) is 0.462. The molecule has 0 unspecified atom stereocenters. The Morgan fingerprint density at radius 3 is 2.63 bits per heavy atom. The number of esters is 3. The Morgan fingerprint density at radius 1 is 1.17 bits per heavy atom. The van der Waals surface area contributed by atoms with Gasteiger partial charge in [-0.05, 0) is 53.7 Å². The molecule has 1 aliphatic heterocycles. The number of hydrogen-bond acceptors (Lipinski definition) is 9. The summed E-state index contributed by atoms with van der Waals surface area (Å²) in [7, 11) is 1.29. The third kappa shape index (κ3) is 3.64. The van der Waals surface area contributed by atoms with Crippen molar-refractivity contribution in [2.75, 3.05) is 7.11 Å². The molecule has 3 aliphatic rings. The van der Waals surface area contributed by atoms with Crippen LogP contribution in [-0.4, -0.2) is 30.8 Å². The molecule has 1 saturated carbocycles. The lowest BCUT2D eigenvalue weighted by molar-refractivity contribution is -0.197. The zero-order valence-corrected chi connectivity index (χ0v) is 20.5. The quantitative estimate of drug-likeness (QED) is 0.448. The number of rotatable bonds is 4. The lowest BCUT2D eigenvalue weighted by Gasteiger charge is -2.59. The standard InChI is InChI=1S/C26H26O8S/c1-25-7-4-16-24(30)34-19(14-5-8-32-12-14)11-26(16,2)21(25)20(27)18(10-17(25)23(29)31-3)33-22(28)15-6-9-35-13-15/h5-6,8-10,12-13,16-17,19,21H,4,7,11H2,1-3H3/t16-,17-,19-,21-,25-,26-/m0/s1. The number of hydrogen-bond donors (Lipinski definition) is 0. The molecule has 0 amide bonds. The van der Waals surface area contributed by atoms with Crippen molar-refractivity contribution in [3.63, 3.8) is 0 Å². The number of ether oxygens (including phenoxy) is 3. The number of methoxy groups -OCH3 is 1. The van der Waals surface area contributed by atoms with Crippen molar-refractivity contribution in [3.05, 3.63) is 58.4 Å². The summed E-state index contributed by atoms with van der Waals surface area (Å²) in [5.41, 5.74) is -0.646. The second-order valence-corrected chi connectivity index (χ2v) is 10.8. The maximum absolute atomic E-state index is 14.0. The second-order valence-electron chi connectivity index (χ2n) is 10.0. The largest absolute Gasteiger partial charge is 0.472 e. The molecule has 9 heteroatoms. The minimum Gasteiger partial charge on any atom is -0.472 e. The average Bonchev–Trinajstić information content (AvgIpc) is 3.54. The number of Topliss-reactive ketones (excluding diaryl/α,β-unsaturated/α-hetero) is 1. The van der Waals surface area contributed by atoms with Gasteiger partial charge < -0.3 is 18.6 Å². The number of carbonyl (C=O) groups is 4. The van der Waals surface area contributed by atoms with E-state index in [2.05, 4.69) is 0 Å². The van der Waals surface area contributed by atoms with Gasteiger partial charge in [-0.1, -0.05) is 13.8 Å². The highest BCUT2D eigenvalue weighted by atomic mass is 32.1. The third-order valence-electron chi connectivity index (χ3n) is 8.12. The van der Waals surface area contributed by atoms with E-state index in [0.29, 0.717) is 30.4 Å². The van der Waals surface area contributed by atoms with E-state index in [1.54, 1.807) is 22.9 Å². The SMILES string of the molecule is COC(=O)[C@@H]1C=C(OC(=O)c2ccsc2)C(=O)[C@H]2[C@@]1(C)CC[C@H]1C(=O)O[C@H](c3ccoc3)C[C@]21C. The van der Waals surface area contributed by atoms with Crippen LogP contribution in [0.2, 0.25) is 0 Å². The summed E-state index contributed by atoms with van der Waals surface area (Å²) in [6, 6.07) is 3.34. The zero-order valence-electron chi connectivity index (χ0n) is 19.6. The van der Waals surface area contributed by atoms with Crippen molar-refractivity contribution in [1.82, 2.24) is 0 Å². The van der Waals surface area contributed by atoms with Gasteiger partial charge in [0.05, 0.1) is 37.0 Å². The fourth-order valence-corrected chi connectivity index (χ4v) is 7.05. The number of thiophene rings is 1. The van der Waals surface area contributed by atoms with Gasteiger partial charge in [0, 0.05) is 16.9 Å². The van der Waals surface area contributed by atoms with Crippen molar-refractivity contribution in [2.24, 2.45) is 28.6 Å². The molecular weight excluding hydrogens is 472 g/mol.